The quantitative estimate of drug-likeness (QED) is 0.554. The summed E-state index contributed by atoms with van der Waals surface area (Å²) in [5.41, 5.74) is 0.117. The third kappa shape index (κ3) is 7.81. The van der Waals surface area contributed by atoms with Gasteiger partial charge in [-0.3, -0.25) is 0 Å². The molecule has 1 aromatic heterocycles. The van der Waals surface area contributed by atoms with Crippen LogP contribution in [0.25, 0.3) is 0 Å². The van der Waals surface area contributed by atoms with E-state index in [-0.39, 0.29) is 5.54 Å². The molecule has 6 nitrogen and oxygen atoms in total. The molecular formula is C13H27N5OS. The number of hydrogen-bond donors (Lipinski definition) is 1. The molecule has 7 heteroatoms. The summed E-state index contributed by atoms with van der Waals surface area (Å²) >= 11 is 1.64. The highest BCUT2D eigenvalue weighted by atomic mass is 32.2. The molecule has 0 aliphatic heterocycles. The highest BCUT2D eigenvalue weighted by Gasteiger charge is 2.10. The summed E-state index contributed by atoms with van der Waals surface area (Å²) in [4.78, 5) is 0. The van der Waals surface area contributed by atoms with Crippen LogP contribution in [0.4, 0.5) is 0 Å². The molecule has 0 aliphatic carbocycles. The first-order valence-corrected chi connectivity index (χ1v) is 8.09. The fraction of sp³-hybridized carbons (Fsp3) is 0.923. The van der Waals surface area contributed by atoms with Crippen molar-refractivity contribution >= 4 is 11.8 Å². The first kappa shape index (κ1) is 17.4. The van der Waals surface area contributed by atoms with Crippen LogP contribution in [0.5, 0.6) is 0 Å². The van der Waals surface area contributed by atoms with Crippen LogP contribution < -0.4 is 5.32 Å². The Morgan fingerprint density at radius 2 is 2.10 bits per heavy atom. The fourth-order valence-corrected chi connectivity index (χ4v) is 2.24. The first-order valence-electron chi connectivity index (χ1n) is 7.10. The molecule has 1 aromatic rings. The van der Waals surface area contributed by atoms with Crippen molar-refractivity contribution in [1.82, 2.24) is 25.5 Å². The lowest BCUT2D eigenvalue weighted by Gasteiger charge is -2.20. The highest BCUT2D eigenvalue weighted by Crippen LogP contribution is 2.13. The van der Waals surface area contributed by atoms with Crippen molar-refractivity contribution in [1.29, 1.82) is 0 Å². The molecule has 20 heavy (non-hydrogen) atoms. The number of hydrogen-bond acceptors (Lipinski definition) is 6. The molecule has 0 aliphatic rings. The number of nitrogens with zero attached hydrogens (tertiary/aromatic N) is 4. The second-order valence-corrected chi connectivity index (χ2v) is 7.24. The van der Waals surface area contributed by atoms with Crippen LogP contribution in [0.15, 0.2) is 5.16 Å². The maximum absolute atomic E-state index is 5.55. The summed E-state index contributed by atoms with van der Waals surface area (Å²) in [5, 5.41) is 16.1. The second-order valence-electron chi connectivity index (χ2n) is 6.18. The van der Waals surface area contributed by atoms with Crippen LogP contribution in [-0.2, 0) is 11.3 Å². The van der Waals surface area contributed by atoms with E-state index in [9.17, 15) is 0 Å². The van der Waals surface area contributed by atoms with Gasteiger partial charge in [-0.15, -0.1) is 5.10 Å². The molecule has 0 aromatic carbocycles. The third-order valence-electron chi connectivity index (χ3n) is 2.39. The van der Waals surface area contributed by atoms with E-state index < -0.39 is 0 Å². The van der Waals surface area contributed by atoms with Gasteiger partial charge < -0.3 is 10.1 Å². The van der Waals surface area contributed by atoms with Crippen LogP contribution in [0.2, 0.25) is 0 Å². The predicted molar refractivity (Wildman–Crippen MR) is 82.0 cm³/mol. The number of rotatable bonds is 9. The average molecular weight is 301 g/mol. The molecule has 0 saturated carbocycles. The van der Waals surface area contributed by atoms with Gasteiger partial charge in [0.25, 0.3) is 0 Å². The maximum Gasteiger partial charge on any atom is 0.209 e. The lowest BCUT2D eigenvalue weighted by molar-refractivity contribution is 0.124. The van der Waals surface area contributed by atoms with Gasteiger partial charge in [0, 0.05) is 24.4 Å². The molecule has 1 heterocycles. The number of nitrogens with one attached hydrogen (secondary N) is 1. The van der Waals surface area contributed by atoms with E-state index in [4.69, 9.17) is 4.74 Å². The van der Waals surface area contributed by atoms with Crippen molar-refractivity contribution < 1.29 is 4.74 Å². The van der Waals surface area contributed by atoms with E-state index in [1.54, 1.807) is 11.8 Å². The Balaban J connectivity index is 2.24. The van der Waals surface area contributed by atoms with Gasteiger partial charge in [-0.05, 0) is 37.1 Å². The Kier molecular flexibility index (Phi) is 7.47. The Hall–Kier alpha value is -0.660. The zero-order valence-electron chi connectivity index (χ0n) is 13.2. The third-order valence-corrected chi connectivity index (χ3v) is 3.31. The SMILES string of the molecule is CC(C)COCCSc1nnnn1CCNC(C)(C)C. The minimum atomic E-state index is 0.117. The first-order chi connectivity index (χ1) is 9.38. The van der Waals surface area contributed by atoms with E-state index in [1.165, 1.54) is 0 Å². The number of aromatic nitrogens is 4. The smallest absolute Gasteiger partial charge is 0.209 e. The average Bonchev–Trinajstić information content (AvgIpc) is 2.74. The molecule has 0 spiro atoms. The molecule has 0 bridgehead atoms. The van der Waals surface area contributed by atoms with E-state index in [2.05, 4.69) is 55.5 Å². The summed E-state index contributed by atoms with van der Waals surface area (Å²) in [7, 11) is 0. The van der Waals surface area contributed by atoms with Gasteiger partial charge >= 0.3 is 0 Å². The van der Waals surface area contributed by atoms with Crippen LogP contribution in [-0.4, -0.2) is 51.3 Å². The van der Waals surface area contributed by atoms with Crippen molar-refractivity contribution in [3.05, 3.63) is 0 Å². The van der Waals surface area contributed by atoms with Gasteiger partial charge in [0.05, 0.1) is 13.2 Å². The van der Waals surface area contributed by atoms with Crippen molar-refractivity contribution in [2.45, 2.75) is 51.9 Å². The summed E-state index contributed by atoms with van der Waals surface area (Å²) in [6, 6.07) is 0. The van der Waals surface area contributed by atoms with Crippen molar-refractivity contribution in [2.75, 3.05) is 25.5 Å². The number of ether oxygens (including phenoxy) is 1. The second kappa shape index (κ2) is 8.59. The summed E-state index contributed by atoms with van der Waals surface area (Å²) < 4.78 is 7.39. The minimum absolute atomic E-state index is 0.117. The summed E-state index contributed by atoms with van der Waals surface area (Å²) in [6.45, 7) is 13.9. The lowest BCUT2D eigenvalue weighted by Crippen LogP contribution is -2.38. The Bertz CT molecular complexity index is 375. The monoisotopic (exact) mass is 301 g/mol. The molecule has 0 radical (unpaired) electrons. The Labute approximate surface area is 126 Å². The van der Waals surface area contributed by atoms with Gasteiger partial charge in [-0.25, -0.2) is 4.68 Å². The number of thioether (sulfide) groups is 1. The van der Waals surface area contributed by atoms with Gasteiger partial charge in [0.15, 0.2) is 0 Å². The number of tetrazole rings is 1. The largest absolute Gasteiger partial charge is 0.380 e. The van der Waals surface area contributed by atoms with E-state index in [0.717, 1.165) is 37.2 Å². The van der Waals surface area contributed by atoms with E-state index in [1.807, 2.05) is 4.68 Å². The molecule has 0 saturated heterocycles. The topological polar surface area (TPSA) is 64.9 Å². The fourth-order valence-electron chi connectivity index (χ4n) is 1.49. The zero-order valence-corrected chi connectivity index (χ0v) is 14.0. The highest BCUT2D eigenvalue weighted by molar-refractivity contribution is 7.99. The van der Waals surface area contributed by atoms with Gasteiger partial charge in [-0.2, -0.15) is 0 Å². The van der Waals surface area contributed by atoms with Gasteiger partial charge in [0.1, 0.15) is 0 Å². The zero-order chi connectivity index (χ0) is 15.0. The molecule has 0 amide bonds. The summed E-state index contributed by atoms with van der Waals surface area (Å²) in [6.07, 6.45) is 0. The standard InChI is InChI=1S/C13H27N5OS/c1-11(2)10-19-8-9-20-12-15-16-17-18(12)7-6-14-13(3,4)5/h11,14H,6-10H2,1-5H3. The predicted octanol–water partition coefficient (Wildman–Crippen LogP) is 1.83. The lowest BCUT2D eigenvalue weighted by atomic mass is 10.1. The molecule has 0 unspecified atom stereocenters. The molecule has 0 fully saturated rings. The van der Waals surface area contributed by atoms with Gasteiger partial charge in [-0.1, -0.05) is 25.6 Å². The normalized spacial score (nSPS) is 12.3. The molecule has 1 N–H and O–H groups in total. The maximum atomic E-state index is 5.55. The van der Waals surface area contributed by atoms with Crippen molar-refractivity contribution in [3.8, 4) is 0 Å². The molecular weight excluding hydrogens is 274 g/mol. The minimum Gasteiger partial charge on any atom is -0.380 e. The molecule has 1 rings (SSSR count). The van der Waals surface area contributed by atoms with E-state index >= 15 is 0 Å². The molecule has 116 valence electrons. The summed E-state index contributed by atoms with van der Waals surface area (Å²) in [5.74, 6) is 1.45. The van der Waals surface area contributed by atoms with Gasteiger partial charge in [0.2, 0.25) is 5.16 Å². The van der Waals surface area contributed by atoms with Crippen LogP contribution in [0.3, 0.4) is 0 Å². The van der Waals surface area contributed by atoms with E-state index in [0.29, 0.717) is 5.92 Å². The van der Waals surface area contributed by atoms with Crippen molar-refractivity contribution in [3.63, 3.8) is 0 Å². The Morgan fingerprint density at radius 1 is 1.35 bits per heavy atom. The molecule has 0 atom stereocenters. The Morgan fingerprint density at radius 3 is 2.75 bits per heavy atom. The van der Waals surface area contributed by atoms with Crippen LogP contribution in [0.1, 0.15) is 34.6 Å². The van der Waals surface area contributed by atoms with Crippen LogP contribution in [0, 0.1) is 5.92 Å². The van der Waals surface area contributed by atoms with Crippen molar-refractivity contribution in [2.24, 2.45) is 5.92 Å². The van der Waals surface area contributed by atoms with Crippen LogP contribution >= 0.6 is 11.8 Å².